The number of ether oxygens (including phenoxy) is 1. The maximum absolute atomic E-state index is 12.4. The Bertz CT molecular complexity index is 840. The van der Waals surface area contributed by atoms with Crippen LogP contribution in [0.15, 0.2) is 54.6 Å². The minimum absolute atomic E-state index is 0.103. The van der Waals surface area contributed by atoms with Crippen LogP contribution in [0.1, 0.15) is 12.0 Å². The Kier molecular flexibility index (Phi) is 5.77. The molecule has 1 aliphatic heterocycles. The van der Waals surface area contributed by atoms with Crippen LogP contribution in [0, 0.1) is 10.1 Å². The fraction of sp³-hybridized carbons (Fsp3) is 0.263. The van der Waals surface area contributed by atoms with Gasteiger partial charge in [0, 0.05) is 19.2 Å². The normalized spacial score (nSPS) is 17.2. The fourth-order valence-corrected chi connectivity index (χ4v) is 3.00. The molecule has 0 unspecified atom stereocenters. The van der Waals surface area contributed by atoms with Crippen LogP contribution in [0.5, 0.6) is 0 Å². The molecule has 140 valence electrons. The number of esters is 1. The first-order valence-electron chi connectivity index (χ1n) is 8.52. The molecule has 8 heteroatoms. The van der Waals surface area contributed by atoms with Gasteiger partial charge < -0.3 is 10.1 Å². The molecule has 0 aromatic heterocycles. The molecule has 0 spiro atoms. The van der Waals surface area contributed by atoms with Crippen molar-refractivity contribution in [2.24, 2.45) is 0 Å². The zero-order valence-corrected chi connectivity index (χ0v) is 14.5. The van der Waals surface area contributed by atoms with Gasteiger partial charge in [-0.2, -0.15) is 0 Å². The summed E-state index contributed by atoms with van der Waals surface area (Å²) >= 11 is 0. The molecule has 27 heavy (non-hydrogen) atoms. The molecule has 0 saturated carbocycles. The van der Waals surface area contributed by atoms with Crippen molar-refractivity contribution in [2.45, 2.75) is 19.0 Å². The van der Waals surface area contributed by atoms with E-state index in [9.17, 15) is 19.7 Å². The van der Waals surface area contributed by atoms with Crippen LogP contribution in [-0.4, -0.2) is 40.9 Å². The Morgan fingerprint density at radius 3 is 2.63 bits per heavy atom. The highest BCUT2D eigenvalue weighted by Crippen LogP contribution is 2.24. The maximum Gasteiger partial charge on any atom is 0.323 e. The van der Waals surface area contributed by atoms with Crippen LogP contribution in [-0.2, 0) is 20.9 Å². The maximum atomic E-state index is 12.4. The van der Waals surface area contributed by atoms with Crippen molar-refractivity contribution in [3.8, 4) is 0 Å². The highest BCUT2D eigenvalue weighted by molar-refractivity contribution is 5.96. The monoisotopic (exact) mass is 369 g/mol. The van der Waals surface area contributed by atoms with Gasteiger partial charge >= 0.3 is 5.97 Å². The number of carbonyl (C=O) groups is 2. The number of morpholine rings is 1. The number of nitrogens with zero attached hydrogens (tertiary/aromatic N) is 2. The van der Waals surface area contributed by atoms with Crippen LogP contribution >= 0.6 is 0 Å². The van der Waals surface area contributed by atoms with Crippen LogP contribution in [0.4, 0.5) is 11.4 Å². The lowest BCUT2D eigenvalue weighted by molar-refractivity contribution is -0.383. The number of hydrogen-bond acceptors (Lipinski definition) is 6. The van der Waals surface area contributed by atoms with Gasteiger partial charge in [-0.1, -0.05) is 42.5 Å². The number of carbonyl (C=O) groups excluding carboxylic acids is 2. The number of benzene rings is 2. The molecule has 8 nitrogen and oxygen atoms in total. The summed E-state index contributed by atoms with van der Waals surface area (Å²) in [6.45, 7) is 1.30. The van der Waals surface area contributed by atoms with E-state index in [1.807, 2.05) is 35.2 Å². The van der Waals surface area contributed by atoms with E-state index in [0.717, 1.165) is 5.56 Å². The van der Waals surface area contributed by atoms with Crippen molar-refractivity contribution in [3.05, 3.63) is 70.3 Å². The summed E-state index contributed by atoms with van der Waals surface area (Å²) < 4.78 is 5.10. The second-order valence-electron chi connectivity index (χ2n) is 6.17. The molecule has 1 N–H and O–H groups in total. The topological polar surface area (TPSA) is 102 Å². The van der Waals surface area contributed by atoms with Gasteiger partial charge in [-0.25, -0.2) is 0 Å². The van der Waals surface area contributed by atoms with Crippen molar-refractivity contribution >= 4 is 23.3 Å². The summed E-state index contributed by atoms with van der Waals surface area (Å²) in [5, 5.41) is 13.6. The molecule has 0 aliphatic carbocycles. The summed E-state index contributed by atoms with van der Waals surface area (Å²) in [6.07, 6.45) is -0.141. The van der Waals surface area contributed by atoms with Gasteiger partial charge in [0.15, 0.2) is 0 Å². The van der Waals surface area contributed by atoms with E-state index in [1.54, 1.807) is 6.07 Å². The van der Waals surface area contributed by atoms with Gasteiger partial charge in [0.05, 0.1) is 11.3 Å². The summed E-state index contributed by atoms with van der Waals surface area (Å²) in [5.41, 5.74) is 0.931. The molecule has 0 bridgehead atoms. The SMILES string of the molecule is O=C(C[C@@H]1C(=O)OCCN1Cc1ccccc1)Nc1ccccc1[N+](=O)[O-]. The van der Waals surface area contributed by atoms with E-state index in [2.05, 4.69) is 5.32 Å². The predicted octanol–water partition coefficient (Wildman–Crippen LogP) is 2.35. The first-order valence-corrected chi connectivity index (χ1v) is 8.52. The smallest absolute Gasteiger partial charge is 0.323 e. The predicted molar refractivity (Wildman–Crippen MR) is 97.9 cm³/mol. The first-order chi connectivity index (χ1) is 13.0. The second-order valence-corrected chi connectivity index (χ2v) is 6.17. The van der Waals surface area contributed by atoms with Gasteiger partial charge in [-0.3, -0.25) is 24.6 Å². The molecule has 2 aromatic carbocycles. The molecule has 1 heterocycles. The first kappa shape index (κ1) is 18.5. The number of hydrogen-bond donors (Lipinski definition) is 1. The highest BCUT2D eigenvalue weighted by atomic mass is 16.6. The Morgan fingerprint density at radius 2 is 1.89 bits per heavy atom. The van der Waals surface area contributed by atoms with Crippen LogP contribution in [0.3, 0.4) is 0 Å². The lowest BCUT2D eigenvalue weighted by Crippen LogP contribution is -2.49. The summed E-state index contributed by atoms with van der Waals surface area (Å²) in [7, 11) is 0. The minimum atomic E-state index is -0.735. The Morgan fingerprint density at radius 1 is 1.19 bits per heavy atom. The lowest BCUT2D eigenvalue weighted by Gasteiger charge is -2.33. The van der Waals surface area contributed by atoms with E-state index in [-0.39, 0.29) is 24.4 Å². The molecule has 1 amide bonds. The van der Waals surface area contributed by atoms with Crippen LogP contribution in [0.2, 0.25) is 0 Å². The van der Waals surface area contributed by atoms with Crippen LogP contribution in [0.25, 0.3) is 0 Å². The molecule has 1 aliphatic rings. The molecule has 0 radical (unpaired) electrons. The van der Waals surface area contributed by atoms with E-state index in [0.29, 0.717) is 13.1 Å². The molecular weight excluding hydrogens is 350 g/mol. The number of para-hydroxylation sites is 2. The number of nitrogens with one attached hydrogen (secondary N) is 1. The Hall–Kier alpha value is -3.26. The lowest BCUT2D eigenvalue weighted by atomic mass is 10.1. The van der Waals surface area contributed by atoms with Gasteiger partial charge in [0.1, 0.15) is 18.3 Å². The van der Waals surface area contributed by atoms with E-state index < -0.39 is 22.8 Å². The Balaban J connectivity index is 1.70. The van der Waals surface area contributed by atoms with Gasteiger partial charge in [0.2, 0.25) is 5.91 Å². The third kappa shape index (κ3) is 4.68. The third-order valence-corrected chi connectivity index (χ3v) is 4.32. The Labute approximate surface area is 155 Å². The van der Waals surface area contributed by atoms with Crippen molar-refractivity contribution in [3.63, 3.8) is 0 Å². The van der Waals surface area contributed by atoms with Gasteiger partial charge in [-0.15, -0.1) is 0 Å². The van der Waals surface area contributed by atoms with E-state index >= 15 is 0 Å². The molecule has 1 saturated heterocycles. The van der Waals surface area contributed by atoms with Crippen LogP contribution < -0.4 is 5.32 Å². The molecule has 2 aromatic rings. The number of nitro groups is 1. The van der Waals surface area contributed by atoms with Gasteiger partial charge in [0.25, 0.3) is 5.69 Å². The van der Waals surface area contributed by atoms with E-state index in [1.165, 1.54) is 18.2 Å². The average molecular weight is 369 g/mol. The molecule has 3 rings (SSSR count). The number of cyclic esters (lactones) is 1. The van der Waals surface area contributed by atoms with Crippen molar-refractivity contribution in [2.75, 3.05) is 18.5 Å². The van der Waals surface area contributed by atoms with Gasteiger partial charge in [-0.05, 0) is 11.6 Å². The number of amides is 1. The minimum Gasteiger partial charge on any atom is -0.463 e. The number of nitro benzene ring substituents is 1. The highest BCUT2D eigenvalue weighted by Gasteiger charge is 2.33. The average Bonchev–Trinajstić information content (AvgIpc) is 2.65. The van der Waals surface area contributed by atoms with Crippen molar-refractivity contribution < 1.29 is 19.2 Å². The zero-order valence-electron chi connectivity index (χ0n) is 14.5. The summed E-state index contributed by atoms with van der Waals surface area (Å²) in [6, 6.07) is 14.8. The fourth-order valence-electron chi connectivity index (χ4n) is 3.00. The largest absolute Gasteiger partial charge is 0.463 e. The number of anilines is 1. The van der Waals surface area contributed by atoms with Crippen molar-refractivity contribution in [1.29, 1.82) is 0 Å². The number of rotatable bonds is 6. The second kappa shape index (κ2) is 8.41. The van der Waals surface area contributed by atoms with Crippen molar-refractivity contribution in [1.82, 2.24) is 4.90 Å². The molecular formula is C19H19N3O5. The molecule has 1 fully saturated rings. The van der Waals surface area contributed by atoms with E-state index in [4.69, 9.17) is 4.74 Å². The molecule has 1 atom stereocenters. The summed E-state index contributed by atoms with van der Waals surface area (Å²) in [4.78, 5) is 37.0. The zero-order chi connectivity index (χ0) is 19.2. The standard InChI is InChI=1S/C19H19N3O5/c23-18(20-15-8-4-5-9-16(15)22(25)26)12-17-19(24)27-11-10-21(17)13-14-6-2-1-3-7-14/h1-9,17H,10-13H2,(H,20,23)/t17-/m1/s1. The third-order valence-electron chi connectivity index (χ3n) is 4.32. The summed E-state index contributed by atoms with van der Waals surface area (Å²) in [5.74, 6) is -0.943. The quantitative estimate of drug-likeness (QED) is 0.476.